The number of unbranched alkanes of at least 4 members (excludes halogenated alkanes) is 2. The average molecular weight is 417 g/mol. The van der Waals surface area contributed by atoms with E-state index in [-0.39, 0.29) is 18.0 Å². The van der Waals surface area contributed by atoms with Gasteiger partial charge >= 0.3 is 0 Å². The van der Waals surface area contributed by atoms with Crippen LogP contribution in [-0.4, -0.2) is 43.5 Å². The van der Waals surface area contributed by atoms with Crippen LogP contribution in [-0.2, 0) is 4.74 Å². The van der Waals surface area contributed by atoms with E-state index in [9.17, 15) is 4.79 Å². The molecule has 1 aromatic heterocycles. The highest BCUT2D eigenvalue weighted by Crippen LogP contribution is 2.26. The number of hydrogen-bond acceptors (Lipinski definition) is 5. The first-order chi connectivity index (χ1) is 13.8. The number of anilines is 1. The van der Waals surface area contributed by atoms with Crippen LogP contribution in [0, 0.1) is 0 Å². The molecule has 156 valence electrons. The van der Waals surface area contributed by atoms with E-state index in [4.69, 9.17) is 4.74 Å². The van der Waals surface area contributed by atoms with Crippen molar-refractivity contribution in [2.24, 2.45) is 0 Å². The van der Waals surface area contributed by atoms with Gasteiger partial charge in [-0.05, 0) is 37.6 Å². The van der Waals surface area contributed by atoms with E-state index in [0.717, 1.165) is 55.0 Å². The molecule has 3 rings (SSSR count). The van der Waals surface area contributed by atoms with Crippen molar-refractivity contribution >= 4 is 28.9 Å². The highest BCUT2D eigenvalue weighted by atomic mass is 35.5. The quantitative estimate of drug-likeness (QED) is 0.414. The fraction of sp³-hybridized carbons (Fsp3) is 0.364. The average Bonchev–Trinajstić information content (AvgIpc) is 2.73. The van der Waals surface area contributed by atoms with Gasteiger partial charge in [-0.25, -0.2) is 5.10 Å². The zero-order valence-corrected chi connectivity index (χ0v) is 17.6. The number of benzene rings is 2. The van der Waals surface area contributed by atoms with Crippen LogP contribution in [0.25, 0.3) is 22.0 Å². The van der Waals surface area contributed by atoms with E-state index < -0.39 is 0 Å². The zero-order valence-electron chi connectivity index (χ0n) is 16.7. The van der Waals surface area contributed by atoms with Gasteiger partial charge in [0, 0.05) is 36.8 Å². The highest BCUT2D eigenvalue weighted by molar-refractivity contribution is 5.94. The van der Waals surface area contributed by atoms with Gasteiger partial charge < -0.3 is 15.4 Å². The maximum absolute atomic E-state index is 12.0. The van der Waals surface area contributed by atoms with Gasteiger partial charge in [0.1, 0.15) is 0 Å². The topological polar surface area (TPSA) is 79.0 Å². The van der Waals surface area contributed by atoms with Gasteiger partial charge in [-0.15, -0.1) is 12.4 Å². The van der Waals surface area contributed by atoms with Crippen molar-refractivity contribution in [2.45, 2.75) is 19.3 Å². The molecule has 6 nitrogen and oxygen atoms in total. The molecule has 3 aromatic rings. The Kier molecular flexibility index (Phi) is 9.64. The van der Waals surface area contributed by atoms with Gasteiger partial charge in [0.2, 0.25) is 0 Å². The predicted octanol–water partition coefficient (Wildman–Crippen LogP) is 3.83. The summed E-state index contributed by atoms with van der Waals surface area (Å²) in [7, 11) is 1.72. The first-order valence-corrected chi connectivity index (χ1v) is 9.81. The van der Waals surface area contributed by atoms with Crippen LogP contribution in [0.4, 0.5) is 5.69 Å². The van der Waals surface area contributed by atoms with Gasteiger partial charge in [0.05, 0.1) is 17.7 Å². The number of aromatic amines is 1. The summed E-state index contributed by atoms with van der Waals surface area (Å²) in [5.74, 6) is 0. The van der Waals surface area contributed by atoms with Crippen LogP contribution < -0.4 is 16.2 Å². The summed E-state index contributed by atoms with van der Waals surface area (Å²) in [6.45, 7) is 3.64. The standard InChI is InChI=1S/C22H28N4O2.ClH/c1-28-15-14-23-12-5-2-6-13-24-18-9-7-8-17(16-18)21-19-10-3-4-11-20(19)22(27)26-25-21;/h3-4,7-11,16,23-24H,2,5-6,12-15H2,1H3,(H,26,27);1H. The third-order valence-corrected chi connectivity index (χ3v) is 4.67. The summed E-state index contributed by atoms with van der Waals surface area (Å²) in [5.41, 5.74) is 2.68. The van der Waals surface area contributed by atoms with Crippen LogP contribution in [0.3, 0.4) is 0 Å². The molecule has 1 heterocycles. The Hall–Kier alpha value is -2.41. The van der Waals surface area contributed by atoms with Gasteiger partial charge in [-0.3, -0.25) is 4.79 Å². The minimum atomic E-state index is -0.162. The molecule has 0 saturated heterocycles. The lowest BCUT2D eigenvalue weighted by Gasteiger charge is -2.10. The normalized spacial score (nSPS) is 10.7. The number of ether oxygens (including phenoxy) is 1. The van der Waals surface area contributed by atoms with E-state index in [1.54, 1.807) is 7.11 Å². The molecule has 0 saturated carbocycles. The van der Waals surface area contributed by atoms with Crippen LogP contribution >= 0.6 is 12.4 Å². The highest BCUT2D eigenvalue weighted by Gasteiger charge is 2.08. The summed E-state index contributed by atoms with van der Waals surface area (Å²) >= 11 is 0. The summed E-state index contributed by atoms with van der Waals surface area (Å²) in [4.78, 5) is 12.0. The lowest BCUT2D eigenvalue weighted by Crippen LogP contribution is -2.20. The molecular weight excluding hydrogens is 388 g/mol. The van der Waals surface area contributed by atoms with Crippen molar-refractivity contribution in [2.75, 3.05) is 38.7 Å². The van der Waals surface area contributed by atoms with Crippen LogP contribution in [0.5, 0.6) is 0 Å². The van der Waals surface area contributed by atoms with Gasteiger partial charge in [-0.1, -0.05) is 36.8 Å². The van der Waals surface area contributed by atoms with Crippen LogP contribution in [0.2, 0.25) is 0 Å². The summed E-state index contributed by atoms with van der Waals surface area (Å²) in [6.07, 6.45) is 3.47. The molecule has 0 aliphatic carbocycles. The lowest BCUT2D eigenvalue weighted by molar-refractivity contribution is 0.199. The van der Waals surface area contributed by atoms with Crippen molar-refractivity contribution in [1.82, 2.24) is 15.5 Å². The van der Waals surface area contributed by atoms with Crippen molar-refractivity contribution in [3.05, 3.63) is 58.9 Å². The second-order valence-electron chi connectivity index (χ2n) is 6.76. The molecule has 0 fully saturated rings. The van der Waals surface area contributed by atoms with Crippen molar-refractivity contribution < 1.29 is 4.74 Å². The second kappa shape index (κ2) is 12.2. The number of H-pyrrole nitrogens is 1. The summed E-state index contributed by atoms with van der Waals surface area (Å²) < 4.78 is 5.01. The van der Waals surface area contributed by atoms with Gasteiger partial charge in [0.25, 0.3) is 5.56 Å². The number of methoxy groups -OCH3 is 1. The molecule has 0 unspecified atom stereocenters. The minimum absolute atomic E-state index is 0. The lowest BCUT2D eigenvalue weighted by atomic mass is 10.0. The van der Waals surface area contributed by atoms with Gasteiger partial charge in [0.15, 0.2) is 0 Å². The Balaban J connectivity index is 0.00000300. The third-order valence-electron chi connectivity index (χ3n) is 4.67. The molecule has 29 heavy (non-hydrogen) atoms. The van der Waals surface area contributed by atoms with Gasteiger partial charge in [-0.2, -0.15) is 5.10 Å². The Morgan fingerprint density at radius 3 is 2.59 bits per heavy atom. The maximum atomic E-state index is 12.0. The molecule has 0 bridgehead atoms. The van der Waals surface area contributed by atoms with Crippen molar-refractivity contribution in [3.8, 4) is 11.3 Å². The number of nitrogens with one attached hydrogen (secondary N) is 3. The third kappa shape index (κ3) is 6.56. The van der Waals surface area contributed by atoms with Crippen molar-refractivity contribution in [3.63, 3.8) is 0 Å². The van der Waals surface area contributed by atoms with Crippen LogP contribution in [0.15, 0.2) is 53.3 Å². The molecular formula is C22H29ClN4O2. The fourth-order valence-electron chi connectivity index (χ4n) is 3.19. The summed E-state index contributed by atoms with van der Waals surface area (Å²) in [6, 6.07) is 15.7. The number of rotatable bonds is 11. The van der Waals surface area contributed by atoms with E-state index in [1.807, 2.05) is 36.4 Å². The van der Waals surface area contributed by atoms with E-state index in [2.05, 4.69) is 33.0 Å². The number of nitrogens with zero attached hydrogens (tertiary/aromatic N) is 1. The Morgan fingerprint density at radius 2 is 1.76 bits per heavy atom. The number of hydrogen-bond donors (Lipinski definition) is 3. The number of aromatic nitrogens is 2. The Bertz CT molecular complexity index is 945. The maximum Gasteiger partial charge on any atom is 0.272 e. The molecule has 0 aliphatic rings. The molecule has 0 radical (unpaired) electrons. The Morgan fingerprint density at radius 1 is 0.966 bits per heavy atom. The molecule has 0 aliphatic heterocycles. The monoisotopic (exact) mass is 416 g/mol. The SMILES string of the molecule is COCCNCCCCCNc1cccc(-c2n[nH]c(=O)c3ccccc23)c1.Cl. The first kappa shape index (κ1) is 22.9. The number of fused-ring (bicyclic) bond motifs is 1. The van der Waals surface area contributed by atoms with E-state index in [1.165, 1.54) is 12.8 Å². The minimum Gasteiger partial charge on any atom is -0.385 e. The number of halogens is 1. The summed E-state index contributed by atoms with van der Waals surface area (Å²) in [5, 5.41) is 15.3. The second-order valence-corrected chi connectivity index (χ2v) is 6.76. The van der Waals surface area contributed by atoms with Crippen molar-refractivity contribution in [1.29, 1.82) is 0 Å². The first-order valence-electron chi connectivity index (χ1n) is 9.81. The molecule has 0 atom stereocenters. The molecule has 2 aromatic carbocycles. The molecule has 3 N–H and O–H groups in total. The Labute approximate surface area is 177 Å². The zero-order chi connectivity index (χ0) is 19.6. The largest absolute Gasteiger partial charge is 0.385 e. The van der Waals surface area contributed by atoms with Crippen LogP contribution in [0.1, 0.15) is 19.3 Å². The molecule has 7 heteroatoms. The molecule has 0 amide bonds. The molecule has 0 spiro atoms. The van der Waals surface area contributed by atoms with E-state index in [0.29, 0.717) is 5.39 Å². The fourth-order valence-corrected chi connectivity index (χ4v) is 3.19. The smallest absolute Gasteiger partial charge is 0.272 e. The predicted molar refractivity (Wildman–Crippen MR) is 122 cm³/mol. The van der Waals surface area contributed by atoms with E-state index >= 15 is 0 Å².